The maximum absolute atomic E-state index is 11.8. The zero-order chi connectivity index (χ0) is 25.9. The van der Waals surface area contributed by atoms with Gasteiger partial charge < -0.3 is 15.0 Å². The Balaban J connectivity index is 0.000000392. The Labute approximate surface area is 234 Å². The molecule has 0 amide bonds. The van der Waals surface area contributed by atoms with Crippen LogP contribution in [0.15, 0.2) is 24.3 Å². The largest absolute Gasteiger partial charge is 0.371 e. The van der Waals surface area contributed by atoms with Crippen LogP contribution in [0.4, 0.5) is 5.69 Å². The van der Waals surface area contributed by atoms with E-state index >= 15 is 0 Å². The van der Waals surface area contributed by atoms with Crippen molar-refractivity contribution in [1.82, 2.24) is 13.6 Å². The summed E-state index contributed by atoms with van der Waals surface area (Å²) in [4.78, 5) is 12.2. The van der Waals surface area contributed by atoms with E-state index in [4.69, 9.17) is 0 Å². The Morgan fingerprint density at radius 3 is 2.58 bits per heavy atom. The minimum Gasteiger partial charge on any atom is -0.371 e. The van der Waals surface area contributed by atoms with Crippen LogP contribution < -0.4 is 10.2 Å². The molecular weight excluding hydrogens is 605 g/mol. The third-order valence-electron chi connectivity index (χ3n) is 6.65. The van der Waals surface area contributed by atoms with E-state index < -0.39 is 11.0 Å². The number of hydrogen-bond acceptors (Lipinski definition) is 6. The number of nitriles is 1. The van der Waals surface area contributed by atoms with Crippen molar-refractivity contribution in [2.75, 3.05) is 50.9 Å². The number of halogens is 1. The van der Waals surface area contributed by atoms with Gasteiger partial charge in [-0.2, -0.15) is 5.26 Å². The molecule has 4 rings (SSSR count). The maximum Gasteiger partial charge on any atom is 0.119 e. The number of carbonyl (C=O) groups is 1. The Morgan fingerprint density at radius 2 is 2.00 bits per heavy atom. The van der Waals surface area contributed by atoms with Crippen LogP contribution in [-0.2, 0) is 15.8 Å². The summed E-state index contributed by atoms with van der Waals surface area (Å²) in [5, 5.41) is 13.9. The lowest BCUT2D eigenvalue weighted by atomic mass is 10.0. The topological polar surface area (TPSA) is 81.4 Å². The van der Waals surface area contributed by atoms with E-state index in [-0.39, 0.29) is 0 Å². The molecule has 2 aliphatic heterocycles. The highest BCUT2D eigenvalue weighted by molar-refractivity contribution is 14.2. The van der Waals surface area contributed by atoms with Gasteiger partial charge in [-0.25, -0.2) is 8.51 Å². The number of rotatable bonds is 9. The molecule has 1 aromatic carbocycles. The van der Waals surface area contributed by atoms with E-state index in [2.05, 4.69) is 59.7 Å². The first-order valence-electron chi connectivity index (χ1n) is 12.5. The van der Waals surface area contributed by atoms with E-state index in [1.54, 1.807) is 15.4 Å². The van der Waals surface area contributed by atoms with Gasteiger partial charge in [-0.05, 0) is 75.9 Å². The highest BCUT2D eigenvalue weighted by atomic mass is 127. The predicted molar refractivity (Wildman–Crippen MR) is 162 cm³/mol. The number of carbonyl (C=O) groups excluding carboxylic acids is 1. The third-order valence-corrected chi connectivity index (χ3v) is 9.40. The molecule has 1 aromatic heterocycles. The standard InChI is InChI=1S/C20H23IN4OS2.C6H13NO/c1-28(26)24-11-7-15(8-12-24)19-13-17-18(23-9-3-2-4-10-23)6-5-16(14-22)20(17)25(19)27-21;1-7-5-3-2-4-6-8/h5-7,13H,2-4,8-12H2,1H3;6-7H,2-5H2,1H3. The second kappa shape index (κ2) is 15.1. The van der Waals surface area contributed by atoms with Gasteiger partial charge in [0.2, 0.25) is 0 Å². The fourth-order valence-corrected chi connectivity index (χ4v) is 7.09. The number of fused-ring (bicyclic) bond motifs is 1. The van der Waals surface area contributed by atoms with Crippen LogP contribution in [-0.4, -0.2) is 64.8 Å². The van der Waals surface area contributed by atoms with E-state index in [0.29, 0.717) is 13.0 Å². The lowest BCUT2D eigenvalue weighted by Gasteiger charge is -2.29. The number of nitrogens with zero attached hydrogens (tertiary/aromatic N) is 4. The van der Waals surface area contributed by atoms with E-state index in [9.17, 15) is 14.3 Å². The Bertz CT molecular complexity index is 1120. The van der Waals surface area contributed by atoms with Crippen molar-refractivity contribution in [3.8, 4) is 6.07 Å². The van der Waals surface area contributed by atoms with Gasteiger partial charge in [0, 0.05) is 80.3 Å². The highest BCUT2D eigenvalue weighted by Gasteiger charge is 2.23. The first kappa shape index (κ1) is 29.2. The number of unbranched alkanes of at least 4 members (excludes halogenated alkanes) is 2. The van der Waals surface area contributed by atoms with E-state index in [1.807, 2.05) is 17.4 Å². The van der Waals surface area contributed by atoms with Crippen LogP contribution in [0.25, 0.3) is 16.5 Å². The predicted octanol–water partition coefficient (Wildman–Crippen LogP) is 5.31. The summed E-state index contributed by atoms with van der Waals surface area (Å²) in [6.45, 7) is 4.69. The van der Waals surface area contributed by atoms with Gasteiger partial charge in [0.25, 0.3) is 0 Å². The van der Waals surface area contributed by atoms with Crippen molar-refractivity contribution in [3.63, 3.8) is 0 Å². The molecule has 196 valence electrons. The summed E-state index contributed by atoms with van der Waals surface area (Å²) in [7, 11) is 2.61. The molecule has 1 saturated heterocycles. The van der Waals surface area contributed by atoms with Gasteiger partial charge in [-0.3, -0.25) is 3.97 Å². The second-order valence-corrected chi connectivity index (χ2v) is 12.1. The summed E-state index contributed by atoms with van der Waals surface area (Å²) in [5.74, 6) is 0. The second-order valence-electron chi connectivity index (χ2n) is 9.00. The summed E-state index contributed by atoms with van der Waals surface area (Å²) >= 11 is 2.30. The van der Waals surface area contributed by atoms with Crippen LogP contribution in [0.5, 0.6) is 0 Å². The van der Waals surface area contributed by atoms with Gasteiger partial charge in [0.15, 0.2) is 0 Å². The van der Waals surface area contributed by atoms with E-state index in [1.165, 1.54) is 35.9 Å². The van der Waals surface area contributed by atoms with E-state index in [0.717, 1.165) is 68.5 Å². The molecule has 3 heterocycles. The minimum atomic E-state index is -0.932. The van der Waals surface area contributed by atoms with Crippen LogP contribution in [0.2, 0.25) is 0 Å². The summed E-state index contributed by atoms with van der Waals surface area (Å²) in [6, 6.07) is 8.74. The molecule has 0 aliphatic carbocycles. The quantitative estimate of drug-likeness (QED) is 0.227. The molecule has 0 radical (unpaired) electrons. The number of anilines is 1. The molecule has 1 fully saturated rings. The normalized spacial score (nSPS) is 17.2. The van der Waals surface area contributed by atoms with Crippen molar-refractivity contribution >= 4 is 69.8 Å². The molecule has 2 aromatic rings. The monoisotopic (exact) mass is 641 g/mol. The van der Waals surface area contributed by atoms with Crippen molar-refractivity contribution in [3.05, 3.63) is 35.5 Å². The highest BCUT2D eigenvalue weighted by Crippen LogP contribution is 2.40. The average Bonchev–Trinajstić information content (AvgIpc) is 3.31. The van der Waals surface area contributed by atoms with Crippen molar-refractivity contribution in [2.24, 2.45) is 0 Å². The van der Waals surface area contributed by atoms with Crippen LogP contribution in [0.1, 0.15) is 56.2 Å². The van der Waals surface area contributed by atoms with Gasteiger partial charge in [-0.1, -0.05) is 6.08 Å². The third kappa shape index (κ3) is 7.34. The number of aromatic nitrogens is 1. The van der Waals surface area contributed by atoms with Crippen molar-refractivity contribution in [2.45, 2.75) is 44.9 Å². The molecule has 0 bridgehead atoms. The zero-order valence-electron chi connectivity index (χ0n) is 21.2. The molecule has 1 atom stereocenters. The summed E-state index contributed by atoms with van der Waals surface area (Å²) in [6.07, 6.45) is 12.4. The lowest BCUT2D eigenvalue weighted by molar-refractivity contribution is -0.107. The number of aldehydes is 1. The summed E-state index contributed by atoms with van der Waals surface area (Å²) in [5.41, 5.74) is 5.42. The SMILES string of the molecule is CNCCCCC=O.CS(=O)N1CC=C(c2cc3c(N4CCCCC4)ccc(C#N)c3n2SI)CC1. The number of piperidine rings is 1. The molecule has 2 aliphatic rings. The first-order chi connectivity index (χ1) is 17.5. The fraction of sp³-hybridized carbons (Fsp3) is 0.538. The maximum atomic E-state index is 11.8. The molecular formula is C26H36IN5O2S2. The molecule has 0 spiro atoms. The van der Waals surface area contributed by atoms with Gasteiger partial charge in [-0.15, -0.1) is 0 Å². The molecule has 7 nitrogen and oxygen atoms in total. The minimum absolute atomic E-state index is 0.704. The molecule has 1 unspecified atom stereocenters. The Kier molecular flexibility index (Phi) is 12.3. The van der Waals surface area contributed by atoms with Crippen LogP contribution >= 0.6 is 30.3 Å². The molecule has 1 N–H and O–H groups in total. The van der Waals surface area contributed by atoms with Crippen LogP contribution in [0, 0.1) is 11.3 Å². The lowest BCUT2D eigenvalue weighted by Crippen LogP contribution is -2.29. The van der Waals surface area contributed by atoms with Gasteiger partial charge in [0.05, 0.1) is 27.8 Å². The Hall–Kier alpha value is -1.39. The molecule has 0 saturated carbocycles. The number of benzene rings is 1. The van der Waals surface area contributed by atoms with Crippen LogP contribution in [0.3, 0.4) is 0 Å². The molecule has 36 heavy (non-hydrogen) atoms. The first-order valence-corrected chi connectivity index (χ1v) is 17.4. The number of nitrogens with one attached hydrogen (secondary N) is 1. The average molecular weight is 642 g/mol. The fourth-order valence-electron chi connectivity index (χ4n) is 4.72. The summed E-state index contributed by atoms with van der Waals surface area (Å²) < 4.78 is 15.9. The van der Waals surface area contributed by atoms with Gasteiger partial charge in [0.1, 0.15) is 12.4 Å². The number of hydrogen-bond donors (Lipinski definition) is 1. The van der Waals surface area contributed by atoms with Gasteiger partial charge >= 0.3 is 0 Å². The zero-order valence-corrected chi connectivity index (χ0v) is 25.0. The molecule has 10 heteroatoms. The van der Waals surface area contributed by atoms with Crippen molar-refractivity contribution in [1.29, 1.82) is 5.26 Å². The smallest absolute Gasteiger partial charge is 0.119 e. The van der Waals surface area contributed by atoms with Crippen molar-refractivity contribution < 1.29 is 9.00 Å². The Morgan fingerprint density at radius 1 is 1.22 bits per heavy atom.